The first-order valence-corrected chi connectivity index (χ1v) is 7.95. The summed E-state index contributed by atoms with van der Waals surface area (Å²) in [7, 11) is 0. The second-order valence-electron chi connectivity index (χ2n) is 5.50. The molecule has 4 aromatic rings. The van der Waals surface area contributed by atoms with E-state index in [4.69, 9.17) is 9.15 Å². The fourth-order valence-electron chi connectivity index (χ4n) is 2.48. The van der Waals surface area contributed by atoms with Crippen molar-refractivity contribution in [1.82, 2.24) is 20.2 Å². The van der Waals surface area contributed by atoms with Crippen LogP contribution in [-0.4, -0.2) is 20.2 Å². The highest BCUT2D eigenvalue weighted by Crippen LogP contribution is 2.20. The first-order chi connectivity index (χ1) is 12.4. The summed E-state index contributed by atoms with van der Waals surface area (Å²) in [6.45, 7) is 0.985. The van der Waals surface area contributed by atoms with Gasteiger partial charge >= 0.3 is 0 Å². The van der Waals surface area contributed by atoms with E-state index in [-0.39, 0.29) is 0 Å². The monoisotopic (exact) mass is 332 g/mol. The van der Waals surface area contributed by atoms with Gasteiger partial charge in [-0.15, -0.1) is 10.2 Å². The molecule has 0 amide bonds. The summed E-state index contributed by atoms with van der Waals surface area (Å²) in [4.78, 5) is 1.53. The van der Waals surface area contributed by atoms with E-state index < -0.39 is 0 Å². The maximum atomic E-state index is 5.97. The molecule has 0 unspecified atom stereocenters. The smallest absolute Gasteiger partial charge is 0.240 e. The molecule has 4 rings (SSSR count). The molecule has 2 aromatic carbocycles. The second-order valence-corrected chi connectivity index (χ2v) is 5.50. The average molecular weight is 332 g/mol. The van der Waals surface area contributed by atoms with Crippen LogP contribution in [0.3, 0.4) is 0 Å². The molecule has 0 fully saturated rings. The SMILES string of the molecule is c1ccc(COc2ccccc2Cn2nnc(-c3ccco3)n2)cc1. The fourth-order valence-corrected chi connectivity index (χ4v) is 2.48. The number of rotatable bonds is 6. The molecular weight excluding hydrogens is 316 g/mol. The molecule has 25 heavy (non-hydrogen) atoms. The molecule has 2 heterocycles. The van der Waals surface area contributed by atoms with E-state index in [0.29, 0.717) is 24.7 Å². The largest absolute Gasteiger partial charge is 0.489 e. The van der Waals surface area contributed by atoms with Gasteiger partial charge in [-0.05, 0) is 29.0 Å². The van der Waals surface area contributed by atoms with Crippen LogP contribution in [0.5, 0.6) is 5.75 Å². The van der Waals surface area contributed by atoms with Gasteiger partial charge in [0.1, 0.15) is 12.4 Å². The molecule has 0 radical (unpaired) electrons. The van der Waals surface area contributed by atoms with Crippen molar-refractivity contribution in [2.24, 2.45) is 0 Å². The van der Waals surface area contributed by atoms with Gasteiger partial charge in [-0.2, -0.15) is 4.80 Å². The average Bonchev–Trinajstić information content (AvgIpc) is 3.33. The topological polar surface area (TPSA) is 66.0 Å². The summed E-state index contributed by atoms with van der Waals surface area (Å²) in [5, 5.41) is 12.5. The molecule has 0 bridgehead atoms. The predicted octanol–water partition coefficient (Wildman–Crippen LogP) is 3.56. The molecule has 0 atom stereocenters. The van der Waals surface area contributed by atoms with E-state index in [2.05, 4.69) is 15.4 Å². The minimum absolute atomic E-state index is 0.465. The zero-order valence-electron chi connectivity index (χ0n) is 13.4. The molecule has 0 aliphatic heterocycles. The van der Waals surface area contributed by atoms with Crippen LogP contribution in [0.1, 0.15) is 11.1 Å². The third kappa shape index (κ3) is 3.58. The molecule has 0 aliphatic rings. The van der Waals surface area contributed by atoms with Crippen molar-refractivity contribution in [3.63, 3.8) is 0 Å². The Hall–Kier alpha value is -3.41. The Bertz CT molecular complexity index is 933. The van der Waals surface area contributed by atoms with Gasteiger partial charge in [0.05, 0.1) is 12.8 Å². The van der Waals surface area contributed by atoms with E-state index in [0.717, 1.165) is 16.9 Å². The van der Waals surface area contributed by atoms with Crippen molar-refractivity contribution in [2.45, 2.75) is 13.2 Å². The number of tetrazole rings is 1. The van der Waals surface area contributed by atoms with Gasteiger partial charge in [0, 0.05) is 5.56 Å². The minimum Gasteiger partial charge on any atom is -0.489 e. The highest BCUT2D eigenvalue weighted by Gasteiger charge is 2.10. The summed E-state index contributed by atoms with van der Waals surface area (Å²) < 4.78 is 11.3. The molecule has 6 nitrogen and oxygen atoms in total. The third-order valence-electron chi connectivity index (χ3n) is 3.72. The standard InChI is InChI=1S/C19H16N4O2/c1-2-7-15(8-3-1)14-25-17-10-5-4-9-16(17)13-23-21-19(20-22-23)18-11-6-12-24-18/h1-12H,13-14H2. The molecule has 2 aromatic heterocycles. The summed E-state index contributed by atoms with van der Waals surface area (Å²) in [5.41, 5.74) is 2.11. The van der Waals surface area contributed by atoms with Gasteiger partial charge in [0.15, 0.2) is 5.76 Å². The van der Waals surface area contributed by atoms with Crippen molar-refractivity contribution < 1.29 is 9.15 Å². The van der Waals surface area contributed by atoms with Crippen LogP contribution in [0.4, 0.5) is 0 Å². The Labute approximate surface area is 144 Å². The lowest BCUT2D eigenvalue weighted by molar-refractivity contribution is 0.301. The molecule has 6 heteroatoms. The third-order valence-corrected chi connectivity index (χ3v) is 3.72. The second kappa shape index (κ2) is 7.00. The number of hydrogen-bond donors (Lipinski definition) is 0. The van der Waals surface area contributed by atoms with Crippen molar-refractivity contribution >= 4 is 0 Å². The number of ether oxygens (including phenoxy) is 1. The van der Waals surface area contributed by atoms with Gasteiger partial charge in [0.25, 0.3) is 0 Å². The van der Waals surface area contributed by atoms with E-state index in [1.165, 1.54) is 4.80 Å². The predicted molar refractivity (Wildman–Crippen MR) is 91.8 cm³/mol. The molecule has 0 spiro atoms. The Morgan fingerprint density at radius 3 is 2.60 bits per heavy atom. The number of benzene rings is 2. The lowest BCUT2D eigenvalue weighted by atomic mass is 10.2. The number of aromatic nitrogens is 4. The van der Waals surface area contributed by atoms with Crippen molar-refractivity contribution in [2.75, 3.05) is 0 Å². The zero-order chi connectivity index (χ0) is 16.9. The maximum absolute atomic E-state index is 5.97. The Kier molecular flexibility index (Phi) is 4.24. The Morgan fingerprint density at radius 1 is 0.920 bits per heavy atom. The summed E-state index contributed by atoms with van der Waals surface area (Å²) in [6, 6.07) is 21.5. The Morgan fingerprint density at radius 2 is 1.76 bits per heavy atom. The van der Waals surface area contributed by atoms with Crippen molar-refractivity contribution in [1.29, 1.82) is 0 Å². The van der Waals surface area contributed by atoms with Crippen LogP contribution in [0, 0.1) is 0 Å². The first kappa shape index (κ1) is 15.1. The quantitative estimate of drug-likeness (QED) is 0.540. The maximum Gasteiger partial charge on any atom is 0.240 e. The van der Waals surface area contributed by atoms with E-state index >= 15 is 0 Å². The zero-order valence-corrected chi connectivity index (χ0v) is 13.4. The molecular formula is C19H16N4O2. The number of para-hydroxylation sites is 1. The van der Waals surface area contributed by atoms with Crippen LogP contribution < -0.4 is 4.74 Å². The number of hydrogen-bond acceptors (Lipinski definition) is 5. The van der Waals surface area contributed by atoms with Crippen LogP contribution in [0.15, 0.2) is 77.4 Å². The Balaban J connectivity index is 1.49. The summed E-state index contributed by atoms with van der Waals surface area (Å²) in [5.74, 6) is 1.87. The number of nitrogens with zero attached hydrogens (tertiary/aromatic N) is 4. The van der Waals surface area contributed by atoms with Gasteiger partial charge in [-0.3, -0.25) is 0 Å². The highest BCUT2D eigenvalue weighted by atomic mass is 16.5. The van der Waals surface area contributed by atoms with Crippen LogP contribution >= 0.6 is 0 Å². The van der Waals surface area contributed by atoms with E-state index in [1.807, 2.05) is 54.6 Å². The first-order valence-electron chi connectivity index (χ1n) is 7.95. The van der Waals surface area contributed by atoms with Crippen molar-refractivity contribution in [3.05, 3.63) is 84.1 Å². The normalized spacial score (nSPS) is 10.7. The molecule has 0 saturated heterocycles. The van der Waals surface area contributed by atoms with E-state index in [1.54, 1.807) is 18.4 Å². The van der Waals surface area contributed by atoms with Gasteiger partial charge in [-0.25, -0.2) is 0 Å². The van der Waals surface area contributed by atoms with Crippen LogP contribution in [0.25, 0.3) is 11.6 Å². The molecule has 0 saturated carbocycles. The summed E-state index contributed by atoms with van der Waals surface area (Å²) >= 11 is 0. The highest BCUT2D eigenvalue weighted by molar-refractivity contribution is 5.44. The van der Waals surface area contributed by atoms with E-state index in [9.17, 15) is 0 Å². The fraction of sp³-hybridized carbons (Fsp3) is 0.105. The van der Waals surface area contributed by atoms with Crippen LogP contribution in [0.2, 0.25) is 0 Å². The molecule has 0 aliphatic carbocycles. The molecule has 0 N–H and O–H groups in total. The summed E-state index contributed by atoms with van der Waals surface area (Å²) in [6.07, 6.45) is 1.59. The van der Waals surface area contributed by atoms with Crippen LogP contribution in [-0.2, 0) is 13.2 Å². The molecule has 124 valence electrons. The van der Waals surface area contributed by atoms with Gasteiger partial charge < -0.3 is 9.15 Å². The number of furan rings is 1. The van der Waals surface area contributed by atoms with Gasteiger partial charge in [-0.1, -0.05) is 48.5 Å². The minimum atomic E-state index is 0.465. The van der Waals surface area contributed by atoms with Gasteiger partial charge in [0.2, 0.25) is 5.82 Å². The lowest BCUT2D eigenvalue weighted by Gasteiger charge is -2.11. The lowest BCUT2D eigenvalue weighted by Crippen LogP contribution is -2.06. The van der Waals surface area contributed by atoms with Crippen molar-refractivity contribution in [3.8, 4) is 17.3 Å².